The Labute approximate surface area is 118 Å². The van der Waals surface area contributed by atoms with Crippen LogP contribution in [0.4, 0.5) is 0 Å². The third kappa shape index (κ3) is 3.75. The Morgan fingerprint density at radius 2 is 2.06 bits per heavy atom. The van der Waals surface area contributed by atoms with Gasteiger partial charge in [0.2, 0.25) is 0 Å². The molecule has 1 aromatic carbocycles. The quantitative estimate of drug-likeness (QED) is 0.847. The van der Waals surface area contributed by atoms with Crippen molar-refractivity contribution in [2.45, 2.75) is 13.3 Å². The lowest BCUT2D eigenvalue weighted by molar-refractivity contribution is 0.186. The molecule has 0 heterocycles. The van der Waals surface area contributed by atoms with Crippen LogP contribution in [0.15, 0.2) is 12.1 Å². The Morgan fingerprint density at radius 1 is 1.39 bits per heavy atom. The van der Waals surface area contributed by atoms with Crippen molar-refractivity contribution in [2.75, 3.05) is 20.3 Å². The van der Waals surface area contributed by atoms with Gasteiger partial charge in [-0.05, 0) is 42.5 Å². The smallest absolute Gasteiger partial charge is 0.140 e. The lowest BCUT2D eigenvalue weighted by Gasteiger charge is -2.21. The van der Waals surface area contributed by atoms with Gasteiger partial charge in [-0.2, -0.15) is 0 Å². The van der Waals surface area contributed by atoms with Gasteiger partial charge in [-0.25, -0.2) is 0 Å². The van der Waals surface area contributed by atoms with E-state index < -0.39 is 0 Å². The van der Waals surface area contributed by atoms with Crippen LogP contribution in [0.2, 0.25) is 10.0 Å². The van der Waals surface area contributed by atoms with Crippen LogP contribution in [0.1, 0.15) is 12.5 Å². The Bertz CT molecular complexity index is 395. The molecule has 3 N–H and O–H groups in total. The van der Waals surface area contributed by atoms with Crippen molar-refractivity contribution in [3.05, 3.63) is 27.7 Å². The number of methoxy groups -OCH3 is 1. The highest BCUT2D eigenvalue weighted by Gasteiger charge is 2.18. The first-order valence-corrected chi connectivity index (χ1v) is 6.61. The summed E-state index contributed by atoms with van der Waals surface area (Å²) in [5, 5.41) is 10.3. The van der Waals surface area contributed by atoms with Crippen LogP contribution in [0.5, 0.6) is 5.75 Å². The Hall–Kier alpha value is -0.480. The summed E-state index contributed by atoms with van der Waals surface area (Å²) in [6.07, 6.45) is 0.714. The van der Waals surface area contributed by atoms with Crippen LogP contribution in [0.25, 0.3) is 0 Å². The van der Waals surface area contributed by atoms with Crippen LogP contribution in [0, 0.1) is 11.8 Å². The van der Waals surface area contributed by atoms with Crippen molar-refractivity contribution in [1.29, 1.82) is 0 Å². The summed E-state index contributed by atoms with van der Waals surface area (Å²) >= 11 is 12.1. The second-order valence-corrected chi connectivity index (χ2v) is 5.28. The van der Waals surface area contributed by atoms with Crippen LogP contribution < -0.4 is 10.5 Å². The predicted octanol–water partition coefficient (Wildman–Crippen LogP) is 2.75. The molecule has 0 aliphatic carbocycles. The summed E-state index contributed by atoms with van der Waals surface area (Å²) in [6, 6.07) is 3.50. The summed E-state index contributed by atoms with van der Waals surface area (Å²) in [5.74, 6) is 0.928. The van der Waals surface area contributed by atoms with E-state index in [-0.39, 0.29) is 18.4 Å². The molecule has 0 bridgehead atoms. The fraction of sp³-hybridized carbons (Fsp3) is 0.538. The lowest BCUT2D eigenvalue weighted by atomic mass is 9.88. The maximum atomic E-state index is 9.25. The molecule has 102 valence electrons. The molecule has 0 saturated carbocycles. The van der Waals surface area contributed by atoms with Gasteiger partial charge in [0.15, 0.2) is 0 Å². The molecule has 1 aromatic rings. The highest BCUT2D eigenvalue weighted by Crippen LogP contribution is 2.34. The average Bonchev–Trinajstić information content (AvgIpc) is 2.30. The highest BCUT2D eigenvalue weighted by molar-refractivity contribution is 6.35. The van der Waals surface area contributed by atoms with Crippen molar-refractivity contribution >= 4 is 23.2 Å². The zero-order valence-corrected chi connectivity index (χ0v) is 12.1. The van der Waals surface area contributed by atoms with Crippen molar-refractivity contribution in [2.24, 2.45) is 17.6 Å². The van der Waals surface area contributed by atoms with E-state index in [1.54, 1.807) is 13.2 Å². The number of halogens is 2. The molecule has 0 saturated heterocycles. The van der Waals surface area contributed by atoms with Crippen LogP contribution in [-0.4, -0.2) is 25.4 Å². The summed E-state index contributed by atoms with van der Waals surface area (Å²) in [5.41, 5.74) is 6.56. The molecular weight excluding hydrogens is 273 g/mol. The van der Waals surface area contributed by atoms with E-state index in [0.717, 1.165) is 5.56 Å². The normalized spacial score (nSPS) is 14.3. The summed E-state index contributed by atoms with van der Waals surface area (Å²) in [6.45, 7) is 2.57. The maximum absolute atomic E-state index is 9.25. The Kier molecular flexibility index (Phi) is 6.22. The zero-order valence-electron chi connectivity index (χ0n) is 10.6. The van der Waals surface area contributed by atoms with Crippen LogP contribution >= 0.6 is 23.2 Å². The molecule has 0 aliphatic heterocycles. The molecule has 2 atom stereocenters. The monoisotopic (exact) mass is 291 g/mol. The molecule has 2 unspecified atom stereocenters. The third-order valence-electron chi connectivity index (χ3n) is 3.17. The second kappa shape index (κ2) is 7.19. The van der Waals surface area contributed by atoms with E-state index in [4.69, 9.17) is 33.7 Å². The average molecular weight is 292 g/mol. The molecule has 0 aromatic heterocycles. The summed E-state index contributed by atoms with van der Waals surface area (Å²) in [4.78, 5) is 0. The van der Waals surface area contributed by atoms with Gasteiger partial charge in [0.25, 0.3) is 0 Å². The predicted molar refractivity (Wildman–Crippen MR) is 75.5 cm³/mol. The highest BCUT2D eigenvalue weighted by atomic mass is 35.5. The minimum Gasteiger partial charge on any atom is -0.495 e. The Balaban J connectivity index is 2.96. The largest absolute Gasteiger partial charge is 0.495 e. The van der Waals surface area contributed by atoms with Gasteiger partial charge in [-0.15, -0.1) is 0 Å². The molecule has 0 radical (unpaired) electrons. The second-order valence-electron chi connectivity index (χ2n) is 4.44. The summed E-state index contributed by atoms with van der Waals surface area (Å²) < 4.78 is 5.29. The van der Waals surface area contributed by atoms with Crippen molar-refractivity contribution in [3.8, 4) is 5.75 Å². The molecule has 18 heavy (non-hydrogen) atoms. The summed E-state index contributed by atoms with van der Waals surface area (Å²) in [7, 11) is 1.58. The van der Waals surface area contributed by atoms with Gasteiger partial charge < -0.3 is 15.6 Å². The third-order valence-corrected chi connectivity index (χ3v) is 3.67. The molecule has 0 aliphatic rings. The van der Waals surface area contributed by atoms with Crippen molar-refractivity contribution < 1.29 is 9.84 Å². The molecule has 0 fully saturated rings. The van der Waals surface area contributed by atoms with E-state index in [1.807, 2.05) is 13.0 Å². The maximum Gasteiger partial charge on any atom is 0.140 e. The first kappa shape index (κ1) is 15.6. The molecule has 3 nitrogen and oxygen atoms in total. The molecule has 5 heteroatoms. The number of hydrogen-bond acceptors (Lipinski definition) is 3. The Morgan fingerprint density at radius 3 is 2.56 bits per heavy atom. The number of ether oxygens (including phenoxy) is 1. The van der Waals surface area contributed by atoms with Gasteiger partial charge >= 0.3 is 0 Å². The van der Waals surface area contributed by atoms with E-state index >= 15 is 0 Å². The van der Waals surface area contributed by atoms with Gasteiger partial charge in [0.1, 0.15) is 5.75 Å². The number of nitrogens with two attached hydrogens (primary N) is 1. The lowest BCUT2D eigenvalue weighted by Crippen LogP contribution is -2.26. The molecule has 0 spiro atoms. The van der Waals surface area contributed by atoms with E-state index in [1.165, 1.54) is 0 Å². The van der Waals surface area contributed by atoms with Gasteiger partial charge in [-0.1, -0.05) is 30.1 Å². The van der Waals surface area contributed by atoms with Gasteiger partial charge in [0.05, 0.1) is 12.1 Å². The first-order valence-electron chi connectivity index (χ1n) is 5.86. The topological polar surface area (TPSA) is 55.5 Å². The number of benzene rings is 1. The number of aliphatic hydroxyl groups is 1. The minimum atomic E-state index is 0.0625. The molecule has 0 amide bonds. The van der Waals surface area contributed by atoms with E-state index in [2.05, 4.69) is 0 Å². The fourth-order valence-electron chi connectivity index (χ4n) is 1.99. The van der Waals surface area contributed by atoms with E-state index in [0.29, 0.717) is 28.8 Å². The molecular formula is C13H19Cl2NO2. The number of hydrogen-bond donors (Lipinski definition) is 2. The zero-order chi connectivity index (χ0) is 13.7. The fourth-order valence-corrected chi connectivity index (χ4v) is 2.61. The minimum absolute atomic E-state index is 0.0625. The number of rotatable bonds is 6. The standard InChI is InChI=1S/C13H19Cl2NO2/c1-8(10(6-16)7-17)3-9-4-11(14)5-12(15)13(9)18-2/h4-5,8,10,17H,3,6-7,16H2,1-2H3. The van der Waals surface area contributed by atoms with Crippen LogP contribution in [-0.2, 0) is 6.42 Å². The van der Waals surface area contributed by atoms with Gasteiger partial charge in [-0.3, -0.25) is 0 Å². The van der Waals surface area contributed by atoms with Crippen LogP contribution in [0.3, 0.4) is 0 Å². The van der Waals surface area contributed by atoms with Crippen molar-refractivity contribution in [3.63, 3.8) is 0 Å². The van der Waals surface area contributed by atoms with Crippen molar-refractivity contribution in [1.82, 2.24) is 0 Å². The molecule has 1 rings (SSSR count). The SMILES string of the molecule is COc1c(Cl)cc(Cl)cc1CC(C)C(CN)CO. The first-order chi connectivity index (χ1) is 8.53. The van der Waals surface area contributed by atoms with Gasteiger partial charge in [0, 0.05) is 11.6 Å². The van der Waals surface area contributed by atoms with E-state index in [9.17, 15) is 5.11 Å². The number of aliphatic hydroxyl groups excluding tert-OH is 1.